The van der Waals surface area contributed by atoms with Crippen molar-refractivity contribution in [1.82, 2.24) is 15.0 Å². The zero-order chi connectivity index (χ0) is 15.3. The van der Waals surface area contributed by atoms with E-state index >= 15 is 0 Å². The van der Waals surface area contributed by atoms with Gasteiger partial charge in [0.2, 0.25) is 0 Å². The molecule has 0 aliphatic carbocycles. The summed E-state index contributed by atoms with van der Waals surface area (Å²) in [4.78, 5) is 10.4. The largest absolute Gasteiger partial charge is 0.359 e. The molecule has 3 nitrogen and oxygen atoms in total. The molecule has 3 aromatic rings. The Balaban J connectivity index is 2.21. The van der Waals surface area contributed by atoms with Crippen molar-refractivity contribution < 1.29 is 0 Å². The van der Waals surface area contributed by atoms with Gasteiger partial charge in [-0.25, -0.2) is 0 Å². The second-order valence-electron chi connectivity index (χ2n) is 6.07. The number of nitrogens with one attached hydrogen (secondary N) is 3. The third kappa shape index (κ3) is 1.96. The topological polar surface area (TPSA) is 47.4 Å². The molecule has 0 aromatic carbocycles. The molecule has 0 bridgehead atoms. The van der Waals surface area contributed by atoms with E-state index in [4.69, 9.17) is 0 Å². The van der Waals surface area contributed by atoms with E-state index in [1.165, 1.54) is 56.2 Å². The van der Waals surface area contributed by atoms with Crippen LogP contribution in [0.5, 0.6) is 0 Å². The van der Waals surface area contributed by atoms with Gasteiger partial charge in [-0.05, 0) is 74.9 Å². The fourth-order valence-electron chi connectivity index (χ4n) is 2.90. The van der Waals surface area contributed by atoms with Gasteiger partial charge in [0.1, 0.15) is 0 Å². The molecule has 0 amide bonds. The lowest BCUT2D eigenvalue weighted by atomic mass is 10.0. The van der Waals surface area contributed by atoms with E-state index in [0.717, 1.165) is 0 Å². The third-order valence-corrected chi connectivity index (χ3v) is 4.86. The molecule has 0 atom stereocenters. The highest BCUT2D eigenvalue weighted by Crippen LogP contribution is 2.35. The van der Waals surface area contributed by atoms with Crippen LogP contribution in [-0.2, 0) is 0 Å². The Bertz CT molecular complexity index is 745. The summed E-state index contributed by atoms with van der Waals surface area (Å²) in [6.07, 6.45) is 4.15. The second kappa shape index (κ2) is 4.69. The van der Waals surface area contributed by atoms with E-state index in [9.17, 15) is 0 Å². The van der Waals surface area contributed by atoms with Gasteiger partial charge < -0.3 is 15.0 Å². The van der Waals surface area contributed by atoms with Gasteiger partial charge in [-0.2, -0.15) is 0 Å². The number of aromatic amines is 3. The van der Waals surface area contributed by atoms with Crippen molar-refractivity contribution in [3.05, 3.63) is 45.8 Å². The summed E-state index contributed by atoms with van der Waals surface area (Å²) in [7, 11) is 0. The van der Waals surface area contributed by atoms with Gasteiger partial charge in [0.15, 0.2) is 0 Å². The highest BCUT2D eigenvalue weighted by molar-refractivity contribution is 5.75. The first-order chi connectivity index (χ1) is 9.91. The van der Waals surface area contributed by atoms with E-state index in [1.807, 2.05) is 0 Å². The number of aryl methyl sites for hydroxylation is 2. The van der Waals surface area contributed by atoms with Crippen LogP contribution in [0.4, 0.5) is 0 Å². The summed E-state index contributed by atoms with van der Waals surface area (Å²) in [6.45, 7) is 13.0. The highest BCUT2D eigenvalue weighted by Gasteiger charge is 2.18. The summed E-state index contributed by atoms with van der Waals surface area (Å²) in [6, 6.07) is 0. The first-order valence-electron chi connectivity index (χ1n) is 7.40. The molecule has 0 aliphatic rings. The lowest BCUT2D eigenvalue weighted by Gasteiger charge is -2.01. The van der Waals surface area contributed by atoms with Crippen LogP contribution in [0.1, 0.15) is 33.4 Å². The van der Waals surface area contributed by atoms with Crippen molar-refractivity contribution in [3.63, 3.8) is 0 Å². The van der Waals surface area contributed by atoms with Gasteiger partial charge in [-0.1, -0.05) is 0 Å². The summed E-state index contributed by atoms with van der Waals surface area (Å²) >= 11 is 0. The Morgan fingerprint density at radius 2 is 0.905 bits per heavy atom. The fraction of sp³-hybridized carbons (Fsp3) is 0.333. The van der Waals surface area contributed by atoms with Crippen molar-refractivity contribution in [3.8, 4) is 22.8 Å². The van der Waals surface area contributed by atoms with Crippen LogP contribution < -0.4 is 0 Å². The predicted octanol–water partition coefficient (Wildman–Crippen LogP) is 4.86. The first kappa shape index (κ1) is 13.8. The van der Waals surface area contributed by atoms with Crippen LogP contribution in [0, 0.1) is 41.5 Å². The number of aromatic nitrogens is 3. The minimum Gasteiger partial charge on any atom is -0.359 e. The minimum absolute atomic E-state index is 1.19. The Labute approximate surface area is 125 Å². The molecule has 0 aliphatic heterocycles. The molecule has 21 heavy (non-hydrogen) atoms. The highest BCUT2D eigenvalue weighted by atomic mass is 14.8. The Kier molecular flexibility index (Phi) is 3.08. The zero-order valence-electron chi connectivity index (χ0n) is 13.7. The van der Waals surface area contributed by atoms with Gasteiger partial charge in [0.05, 0.1) is 22.8 Å². The lowest BCUT2D eigenvalue weighted by Crippen LogP contribution is -1.85. The van der Waals surface area contributed by atoms with Gasteiger partial charge in [-0.15, -0.1) is 0 Å². The molecular weight excluding hydrogens is 258 g/mol. The number of rotatable bonds is 2. The lowest BCUT2D eigenvalue weighted by molar-refractivity contribution is 1.26. The van der Waals surface area contributed by atoms with Gasteiger partial charge in [0.25, 0.3) is 0 Å². The van der Waals surface area contributed by atoms with Crippen LogP contribution in [0.3, 0.4) is 0 Å². The van der Waals surface area contributed by atoms with Gasteiger partial charge in [-0.3, -0.25) is 0 Å². The number of H-pyrrole nitrogens is 3. The smallest absolute Gasteiger partial charge is 0.0660 e. The van der Waals surface area contributed by atoms with Gasteiger partial charge >= 0.3 is 0 Å². The average molecular weight is 281 g/mol. The summed E-state index contributed by atoms with van der Waals surface area (Å²) in [5, 5.41) is 0. The molecule has 0 unspecified atom stereocenters. The fourth-order valence-corrected chi connectivity index (χ4v) is 2.90. The maximum Gasteiger partial charge on any atom is 0.0660 e. The molecule has 3 rings (SSSR count). The molecule has 0 saturated carbocycles. The summed E-state index contributed by atoms with van der Waals surface area (Å²) < 4.78 is 0. The van der Waals surface area contributed by atoms with E-state index in [1.54, 1.807) is 0 Å². The molecule has 0 spiro atoms. The molecule has 3 heterocycles. The summed E-state index contributed by atoms with van der Waals surface area (Å²) in [5.41, 5.74) is 12.6. The zero-order valence-corrected chi connectivity index (χ0v) is 13.7. The van der Waals surface area contributed by atoms with E-state index in [2.05, 4.69) is 68.9 Å². The van der Waals surface area contributed by atoms with Crippen LogP contribution >= 0.6 is 0 Å². The van der Waals surface area contributed by atoms with Crippen molar-refractivity contribution in [2.24, 2.45) is 0 Å². The first-order valence-corrected chi connectivity index (χ1v) is 7.40. The maximum absolute atomic E-state index is 3.63. The van der Waals surface area contributed by atoms with E-state index < -0.39 is 0 Å². The minimum atomic E-state index is 1.19. The Morgan fingerprint density at radius 3 is 1.19 bits per heavy atom. The Morgan fingerprint density at radius 1 is 0.524 bits per heavy atom. The monoisotopic (exact) mass is 281 g/mol. The third-order valence-electron chi connectivity index (χ3n) is 4.86. The molecule has 110 valence electrons. The molecule has 0 fully saturated rings. The number of hydrogen-bond acceptors (Lipinski definition) is 0. The van der Waals surface area contributed by atoms with Gasteiger partial charge in [0, 0.05) is 12.4 Å². The van der Waals surface area contributed by atoms with Crippen LogP contribution in [-0.4, -0.2) is 15.0 Å². The quantitative estimate of drug-likeness (QED) is 0.601. The normalized spacial score (nSPS) is 11.3. The Hall–Kier alpha value is -2.16. The molecule has 0 radical (unpaired) electrons. The maximum atomic E-state index is 3.63. The SMILES string of the molecule is Cc1c[nH]c(-c2[nH]c(-c3[nH]cc(C)c3C)c(C)c2C)c1C. The molecule has 3 aromatic heterocycles. The standard InChI is InChI=1S/C18H23N3/c1-9-7-19-15(11(9)3)17-13(5)14(6)18(21-17)16-12(4)10(2)8-20-16/h7-8,19-21H,1-6H3. The van der Waals surface area contributed by atoms with E-state index in [0.29, 0.717) is 0 Å². The average Bonchev–Trinajstić information content (AvgIpc) is 3.05. The van der Waals surface area contributed by atoms with Crippen molar-refractivity contribution in [2.75, 3.05) is 0 Å². The summed E-state index contributed by atoms with van der Waals surface area (Å²) in [5.74, 6) is 0. The molecule has 3 heteroatoms. The molecule has 3 N–H and O–H groups in total. The van der Waals surface area contributed by atoms with Crippen LogP contribution in [0.2, 0.25) is 0 Å². The van der Waals surface area contributed by atoms with Crippen molar-refractivity contribution in [2.45, 2.75) is 41.5 Å². The second-order valence-corrected chi connectivity index (χ2v) is 6.07. The van der Waals surface area contributed by atoms with Crippen molar-refractivity contribution in [1.29, 1.82) is 0 Å². The number of hydrogen-bond donors (Lipinski definition) is 3. The van der Waals surface area contributed by atoms with Crippen LogP contribution in [0.25, 0.3) is 22.8 Å². The predicted molar refractivity (Wildman–Crippen MR) is 88.8 cm³/mol. The molecular formula is C18H23N3. The van der Waals surface area contributed by atoms with Crippen molar-refractivity contribution >= 4 is 0 Å². The van der Waals surface area contributed by atoms with Crippen LogP contribution in [0.15, 0.2) is 12.4 Å². The molecule has 0 saturated heterocycles. The van der Waals surface area contributed by atoms with E-state index in [-0.39, 0.29) is 0 Å².